The molecule has 0 unspecified atom stereocenters. The van der Waals surface area contributed by atoms with Gasteiger partial charge < -0.3 is 19.5 Å². The van der Waals surface area contributed by atoms with E-state index in [1.165, 1.54) is 13.2 Å². The van der Waals surface area contributed by atoms with Crippen LogP contribution in [0.2, 0.25) is 10.0 Å². The van der Waals surface area contributed by atoms with Crippen LogP contribution in [0.4, 0.5) is 5.69 Å². The second kappa shape index (κ2) is 12.5. The van der Waals surface area contributed by atoms with Crippen LogP contribution in [0, 0.1) is 11.3 Å². The van der Waals surface area contributed by atoms with Crippen molar-refractivity contribution in [1.29, 1.82) is 5.26 Å². The predicted octanol–water partition coefficient (Wildman–Crippen LogP) is 6.93. The fourth-order valence-corrected chi connectivity index (χ4v) is 3.91. The number of benzene rings is 3. The summed E-state index contributed by atoms with van der Waals surface area (Å²) < 4.78 is 16.7. The molecule has 0 spiro atoms. The van der Waals surface area contributed by atoms with Gasteiger partial charge in [0.2, 0.25) is 0 Å². The van der Waals surface area contributed by atoms with Crippen molar-refractivity contribution in [3.8, 4) is 23.3 Å². The number of nitrogens with zero attached hydrogens (tertiary/aromatic N) is 1. The Hall–Kier alpha value is -3.51. The molecule has 0 atom stereocenters. The number of nitriles is 1. The number of methoxy groups -OCH3 is 1. The van der Waals surface area contributed by atoms with Crippen LogP contribution in [0.15, 0.2) is 64.6 Å². The van der Waals surface area contributed by atoms with E-state index in [2.05, 4.69) is 21.2 Å². The third kappa shape index (κ3) is 6.58. The minimum absolute atomic E-state index is 0.156. The van der Waals surface area contributed by atoms with Gasteiger partial charge in [-0.15, -0.1) is 0 Å². The summed E-state index contributed by atoms with van der Waals surface area (Å²) in [5.41, 5.74) is 0.853. The summed E-state index contributed by atoms with van der Waals surface area (Å²) in [5.74, 6) is -0.267. The molecule has 10 heteroatoms. The fourth-order valence-electron chi connectivity index (χ4n) is 3.02. The highest BCUT2D eigenvalue weighted by Gasteiger charge is 2.19. The standard InChI is InChI=1S/C26H19BrCl2N2O5/c1-3-35-22-13-15(11-17(14-30)25(32)31-21-6-4-5-20(28)23(21)29)12-19(27)24(22)36-26(33)16-7-9-18(34-2)10-8-16/h4-13H,3H2,1-2H3,(H,31,32)/b17-11+. The lowest BCUT2D eigenvalue weighted by Crippen LogP contribution is -2.14. The largest absolute Gasteiger partial charge is 0.497 e. The summed E-state index contributed by atoms with van der Waals surface area (Å²) in [6.45, 7) is 2.06. The molecule has 0 radical (unpaired) electrons. The molecule has 0 aromatic heterocycles. The van der Waals surface area contributed by atoms with Crippen molar-refractivity contribution in [3.05, 3.63) is 85.8 Å². The number of anilines is 1. The average molecular weight is 590 g/mol. The third-order valence-electron chi connectivity index (χ3n) is 4.73. The molecule has 0 fully saturated rings. The Kier molecular flexibility index (Phi) is 9.37. The highest BCUT2D eigenvalue weighted by Crippen LogP contribution is 2.38. The van der Waals surface area contributed by atoms with Crippen LogP contribution in [-0.4, -0.2) is 25.6 Å². The van der Waals surface area contributed by atoms with E-state index in [9.17, 15) is 14.9 Å². The number of rotatable bonds is 8. The monoisotopic (exact) mass is 588 g/mol. The van der Waals surface area contributed by atoms with Gasteiger partial charge in [0.25, 0.3) is 5.91 Å². The molecule has 0 heterocycles. The van der Waals surface area contributed by atoms with Crippen molar-refractivity contribution >= 4 is 62.8 Å². The molecule has 0 aliphatic heterocycles. The number of halogens is 3. The number of nitrogens with one attached hydrogen (secondary N) is 1. The van der Waals surface area contributed by atoms with Gasteiger partial charge in [0, 0.05) is 0 Å². The molecule has 1 N–H and O–H groups in total. The Labute approximate surface area is 226 Å². The minimum Gasteiger partial charge on any atom is -0.497 e. The number of ether oxygens (including phenoxy) is 3. The first kappa shape index (κ1) is 27.1. The molecule has 0 saturated carbocycles. The fraction of sp³-hybridized carbons (Fsp3) is 0.115. The van der Waals surface area contributed by atoms with Crippen LogP contribution in [0.1, 0.15) is 22.8 Å². The van der Waals surface area contributed by atoms with Crippen LogP contribution in [0.25, 0.3) is 6.08 Å². The van der Waals surface area contributed by atoms with Crippen molar-refractivity contribution in [2.45, 2.75) is 6.92 Å². The molecule has 184 valence electrons. The highest BCUT2D eigenvalue weighted by atomic mass is 79.9. The third-order valence-corrected chi connectivity index (χ3v) is 6.14. The number of hydrogen-bond acceptors (Lipinski definition) is 6. The van der Waals surface area contributed by atoms with E-state index in [0.717, 1.165) is 0 Å². The molecule has 7 nitrogen and oxygen atoms in total. The van der Waals surface area contributed by atoms with Crippen molar-refractivity contribution in [2.24, 2.45) is 0 Å². The summed E-state index contributed by atoms with van der Waals surface area (Å²) >= 11 is 15.5. The summed E-state index contributed by atoms with van der Waals surface area (Å²) in [6.07, 6.45) is 1.37. The van der Waals surface area contributed by atoms with E-state index in [1.54, 1.807) is 61.5 Å². The second-order valence-corrected chi connectivity index (χ2v) is 8.75. The predicted molar refractivity (Wildman–Crippen MR) is 142 cm³/mol. The first-order chi connectivity index (χ1) is 17.3. The van der Waals surface area contributed by atoms with Gasteiger partial charge in [-0.25, -0.2) is 4.79 Å². The Morgan fingerprint density at radius 1 is 1.14 bits per heavy atom. The summed E-state index contributed by atoms with van der Waals surface area (Å²) in [4.78, 5) is 25.4. The summed E-state index contributed by atoms with van der Waals surface area (Å²) in [6, 6.07) is 16.2. The lowest BCUT2D eigenvalue weighted by atomic mass is 10.1. The zero-order valence-corrected chi connectivity index (χ0v) is 22.2. The molecule has 0 saturated heterocycles. The molecule has 1 amide bonds. The van der Waals surface area contributed by atoms with Crippen molar-refractivity contribution < 1.29 is 23.8 Å². The average Bonchev–Trinajstić information content (AvgIpc) is 2.87. The maximum atomic E-state index is 12.7. The molecule has 3 aromatic carbocycles. The van der Waals surface area contributed by atoms with Crippen molar-refractivity contribution in [3.63, 3.8) is 0 Å². The van der Waals surface area contributed by atoms with E-state index in [1.807, 2.05) is 6.07 Å². The van der Waals surface area contributed by atoms with Gasteiger partial charge in [-0.1, -0.05) is 29.3 Å². The molecular formula is C26H19BrCl2N2O5. The van der Waals surface area contributed by atoms with Gasteiger partial charge in [0.15, 0.2) is 11.5 Å². The van der Waals surface area contributed by atoms with Gasteiger partial charge in [0.1, 0.15) is 17.4 Å². The zero-order valence-electron chi connectivity index (χ0n) is 19.1. The number of esters is 1. The van der Waals surface area contributed by atoms with Crippen LogP contribution < -0.4 is 19.5 Å². The van der Waals surface area contributed by atoms with Gasteiger partial charge in [-0.2, -0.15) is 5.26 Å². The molecule has 0 aliphatic carbocycles. The maximum Gasteiger partial charge on any atom is 0.343 e. The lowest BCUT2D eigenvalue weighted by molar-refractivity contribution is -0.112. The first-order valence-corrected chi connectivity index (χ1v) is 12.0. The van der Waals surface area contributed by atoms with Crippen LogP contribution >= 0.6 is 39.1 Å². The Morgan fingerprint density at radius 3 is 2.50 bits per heavy atom. The lowest BCUT2D eigenvalue weighted by Gasteiger charge is -2.14. The summed E-state index contributed by atoms with van der Waals surface area (Å²) in [5, 5.41) is 12.6. The minimum atomic E-state index is -0.675. The smallest absolute Gasteiger partial charge is 0.343 e. The second-order valence-electron chi connectivity index (χ2n) is 7.11. The van der Waals surface area contributed by atoms with E-state index in [-0.39, 0.29) is 39.4 Å². The SMILES string of the molecule is CCOc1cc(/C=C(\C#N)C(=O)Nc2cccc(Cl)c2Cl)cc(Br)c1OC(=O)c1ccc(OC)cc1. The number of carbonyl (C=O) groups is 2. The quantitative estimate of drug-likeness (QED) is 0.132. The van der Waals surface area contributed by atoms with Crippen LogP contribution in [0.3, 0.4) is 0 Å². The van der Waals surface area contributed by atoms with Crippen molar-refractivity contribution in [1.82, 2.24) is 0 Å². The van der Waals surface area contributed by atoms with Crippen LogP contribution in [-0.2, 0) is 4.79 Å². The molecule has 0 bridgehead atoms. The summed E-state index contributed by atoms with van der Waals surface area (Å²) in [7, 11) is 1.53. The normalized spacial score (nSPS) is 10.8. The Balaban J connectivity index is 1.89. The Morgan fingerprint density at radius 2 is 1.86 bits per heavy atom. The van der Waals surface area contributed by atoms with Crippen LogP contribution in [0.5, 0.6) is 17.2 Å². The first-order valence-electron chi connectivity index (χ1n) is 10.5. The van der Waals surface area contributed by atoms with Crippen molar-refractivity contribution in [2.75, 3.05) is 19.0 Å². The van der Waals surface area contributed by atoms with E-state index >= 15 is 0 Å². The van der Waals surface area contributed by atoms with Gasteiger partial charge in [-0.3, -0.25) is 4.79 Å². The van der Waals surface area contributed by atoms with E-state index in [4.69, 9.17) is 37.4 Å². The molecule has 36 heavy (non-hydrogen) atoms. The number of carbonyl (C=O) groups excluding carboxylic acids is 2. The topological polar surface area (TPSA) is 97.6 Å². The van der Waals surface area contributed by atoms with Gasteiger partial charge in [0.05, 0.1) is 39.5 Å². The molecule has 3 aromatic rings. The molecule has 3 rings (SSSR count). The number of hydrogen-bond donors (Lipinski definition) is 1. The van der Waals surface area contributed by atoms with Gasteiger partial charge in [-0.05, 0) is 83.0 Å². The molecule has 0 aliphatic rings. The molecular weight excluding hydrogens is 571 g/mol. The van der Waals surface area contributed by atoms with E-state index < -0.39 is 11.9 Å². The highest BCUT2D eigenvalue weighted by molar-refractivity contribution is 9.10. The van der Waals surface area contributed by atoms with E-state index in [0.29, 0.717) is 21.3 Å². The number of amides is 1. The Bertz CT molecular complexity index is 1370. The zero-order chi connectivity index (χ0) is 26.2. The van der Waals surface area contributed by atoms with Gasteiger partial charge >= 0.3 is 5.97 Å². The maximum absolute atomic E-state index is 12.7.